The first kappa shape index (κ1) is 24.3. The van der Waals surface area contributed by atoms with Gasteiger partial charge in [-0.15, -0.1) is 11.8 Å². The number of carboxylic acid groups (broad SMARTS) is 1. The molecule has 0 spiro atoms. The third kappa shape index (κ3) is 5.72. The van der Waals surface area contributed by atoms with Crippen molar-refractivity contribution in [2.75, 3.05) is 33.2 Å². The summed E-state index contributed by atoms with van der Waals surface area (Å²) in [5.41, 5.74) is 1.57. The Kier molecular flexibility index (Phi) is 8.00. The molecule has 0 bridgehead atoms. The van der Waals surface area contributed by atoms with E-state index in [1.165, 1.54) is 11.8 Å². The van der Waals surface area contributed by atoms with Gasteiger partial charge in [-0.1, -0.05) is 31.9 Å². The molecule has 7 nitrogen and oxygen atoms in total. The van der Waals surface area contributed by atoms with Gasteiger partial charge < -0.3 is 19.5 Å². The lowest BCUT2D eigenvalue weighted by atomic mass is 10.2. The molecule has 1 N–H and O–H groups in total. The molecule has 1 aromatic heterocycles. The van der Waals surface area contributed by atoms with E-state index in [0.717, 1.165) is 68.3 Å². The summed E-state index contributed by atoms with van der Waals surface area (Å²) in [6, 6.07) is 7.78. The van der Waals surface area contributed by atoms with Crippen molar-refractivity contribution >= 4 is 23.6 Å². The van der Waals surface area contributed by atoms with E-state index in [2.05, 4.69) is 28.4 Å². The van der Waals surface area contributed by atoms with Crippen LogP contribution in [0, 0.1) is 0 Å². The van der Waals surface area contributed by atoms with Gasteiger partial charge in [0.15, 0.2) is 0 Å². The summed E-state index contributed by atoms with van der Waals surface area (Å²) in [7, 11) is 2.08. The van der Waals surface area contributed by atoms with Gasteiger partial charge in [-0.2, -0.15) is 0 Å². The topological polar surface area (TPSA) is 78.7 Å². The molecule has 0 unspecified atom stereocenters. The number of piperazine rings is 1. The number of imidazole rings is 1. The Morgan fingerprint density at radius 3 is 2.34 bits per heavy atom. The van der Waals surface area contributed by atoms with Crippen LogP contribution in [-0.4, -0.2) is 74.3 Å². The molecule has 1 aromatic carbocycles. The summed E-state index contributed by atoms with van der Waals surface area (Å²) in [6.07, 6.45) is 4.90. The van der Waals surface area contributed by atoms with Gasteiger partial charge in [0.2, 0.25) is 0 Å². The number of thioether (sulfide) groups is 1. The maximum Gasteiger partial charge on any atom is 0.319 e. The summed E-state index contributed by atoms with van der Waals surface area (Å²) in [5, 5.41) is 9.38. The fourth-order valence-corrected chi connectivity index (χ4v) is 4.65. The van der Waals surface area contributed by atoms with Gasteiger partial charge in [0.05, 0.1) is 6.20 Å². The van der Waals surface area contributed by atoms with Gasteiger partial charge in [-0.05, 0) is 39.4 Å². The summed E-state index contributed by atoms with van der Waals surface area (Å²) in [4.78, 5) is 34.4. The number of hydrogen-bond donors (Lipinski definition) is 1. The number of nitrogens with zero attached hydrogens (tertiary/aromatic N) is 4. The van der Waals surface area contributed by atoms with Crippen LogP contribution in [0.2, 0.25) is 0 Å². The Morgan fingerprint density at radius 1 is 1.09 bits per heavy atom. The summed E-state index contributed by atoms with van der Waals surface area (Å²) in [5.74, 6) is -0.0125. The maximum absolute atomic E-state index is 13.3. The molecule has 0 saturated carbocycles. The lowest BCUT2D eigenvalue weighted by Gasteiger charge is -2.32. The fraction of sp³-hybridized carbons (Fsp3) is 0.542. The molecule has 0 aliphatic carbocycles. The van der Waals surface area contributed by atoms with Crippen molar-refractivity contribution in [3.05, 3.63) is 36.2 Å². The van der Waals surface area contributed by atoms with Crippen molar-refractivity contribution in [2.24, 2.45) is 0 Å². The van der Waals surface area contributed by atoms with Gasteiger partial charge in [0.1, 0.15) is 16.3 Å². The lowest BCUT2D eigenvalue weighted by molar-refractivity contribution is -0.138. The SMILES string of the molecule is CCCCCn1c(C(=O)N2CCN(C)CC2)cnc1-c1ccc(SC(C)(C)C(=O)O)cc1. The van der Waals surface area contributed by atoms with Crippen LogP contribution in [0.4, 0.5) is 0 Å². The van der Waals surface area contributed by atoms with Crippen molar-refractivity contribution in [1.29, 1.82) is 0 Å². The standard InChI is InChI=1S/C24H34N4O3S/c1-5-6-7-12-28-20(22(29)27-15-13-26(4)14-16-27)17-25-21(28)18-8-10-19(11-9-18)32-24(2,3)23(30)31/h8-11,17H,5-7,12-16H2,1-4H3,(H,30,31). The number of unbranched alkanes of at least 4 members (excludes halogenated alkanes) is 2. The molecule has 32 heavy (non-hydrogen) atoms. The predicted octanol–water partition coefficient (Wildman–Crippen LogP) is 4.08. The number of aliphatic carboxylic acids is 1. The largest absolute Gasteiger partial charge is 0.480 e. The van der Waals surface area contributed by atoms with Gasteiger partial charge in [-0.3, -0.25) is 9.59 Å². The minimum absolute atomic E-state index is 0.0451. The van der Waals surface area contributed by atoms with Crippen LogP contribution >= 0.6 is 11.8 Å². The molecule has 1 fully saturated rings. The lowest BCUT2D eigenvalue weighted by Crippen LogP contribution is -2.47. The van der Waals surface area contributed by atoms with Crippen LogP contribution in [-0.2, 0) is 11.3 Å². The molecule has 1 aliphatic rings. The number of amides is 1. The number of rotatable bonds is 9. The number of carboxylic acids is 1. The molecular formula is C24H34N4O3S. The van der Waals surface area contributed by atoms with Crippen LogP contribution in [0.25, 0.3) is 11.4 Å². The highest BCUT2D eigenvalue weighted by molar-refractivity contribution is 8.01. The monoisotopic (exact) mass is 458 g/mol. The number of carbonyl (C=O) groups excluding carboxylic acids is 1. The Bertz CT molecular complexity index is 931. The van der Waals surface area contributed by atoms with Gasteiger partial charge in [0, 0.05) is 43.2 Å². The Hall–Kier alpha value is -2.32. The smallest absolute Gasteiger partial charge is 0.319 e. The Morgan fingerprint density at radius 2 is 1.75 bits per heavy atom. The zero-order valence-corrected chi connectivity index (χ0v) is 20.3. The quantitative estimate of drug-likeness (QED) is 0.451. The number of carbonyl (C=O) groups is 2. The van der Waals surface area contributed by atoms with E-state index in [4.69, 9.17) is 0 Å². The first-order valence-electron chi connectivity index (χ1n) is 11.3. The minimum Gasteiger partial charge on any atom is -0.480 e. The Labute approximate surface area is 194 Å². The molecule has 174 valence electrons. The fourth-order valence-electron chi connectivity index (χ4n) is 3.70. The number of benzene rings is 1. The molecule has 0 atom stereocenters. The van der Waals surface area contributed by atoms with E-state index < -0.39 is 10.7 Å². The molecule has 1 saturated heterocycles. The number of hydrogen-bond acceptors (Lipinski definition) is 5. The van der Waals surface area contributed by atoms with Crippen molar-refractivity contribution in [1.82, 2.24) is 19.4 Å². The van der Waals surface area contributed by atoms with Crippen molar-refractivity contribution in [2.45, 2.75) is 56.2 Å². The highest BCUT2D eigenvalue weighted by Gasteiger charge is 2.29. The summed E-state index contributed by atoms with van der Waals surface area (Å²) < 4.78 is 1.15. The highest BCUT2D eigenvalue weighted by Crippen LogP contribution is 2.34. The van der Waals surface area contributed by atoms with Gasteiger partial charge in [-0.25, -0.2) is 4.98 Å². The van der Waals surface area contributed by atoms with E-state index >= 15 is 0 Å². The average molecular weight is 459 g/mol. The van der Waals surface area contributed by atoms with Crippen LogP contribution in [0.5, 0.6) is 0 Å². The first-order chi connectivity index (χ1) is 15.2. The molecule has 2 aromatic rings. The van der Waals surface area contributed by atoms with Crippen LogP contribution < -0.4 is 0 Å². The van der Waals surface area contributed by atoms with E-state index in [1.807, 2.05) is 29.2 Å². The second-order valence-corrected chi connectivity index (χ2v) is 10.6. The second kappa shape index (κ2) is 10.5. The second-order valence-electron chi connectivity index (χ2n) is 8.86. The van der Waals surface area contributed by atoms with E-state index in [0.29, 0.717) is 5.69 Å². The molecular weight excluding hydrogens is 424 g/mol. The average Bonchev–Trinajstić information content (AvgIpc) is 3.18. The first-order valence-corrected chi connectivity index (χ1v) is 12.1. The van der Waals surface area contributed by atoms with Crippen LogP contribution in [0.15, 0.2) is 35.4 Å². The molecule has 8 heteroatoms. The zero-order chi connectivity index (χ0) is 23.3. The molecule has 0 radical (unpaired) electrons. The number of likely N-dealkylation sites (N-methyl/N-ethyl adjacent to an activating group) is 1. The van der Waals surface area contributed by atoms with Crippen molar-refractivity contribution < 1.29 is 14.7 Å². The normalized spacial score (nSPS) is 15.2. The van der Waals surface area contributed by atoms with Crippen LogP contribution in [0.1, 0.15) is 50.5 Å². The third-order valence-corrected chi connectivity index (χ3v) is 7.04. The minimum atomic E-state index is -0.901. The van der Waals surface area contributed by atoms with Crippen molar-refractivity contribution in [3.63, 3.8) is 0 Å². The van der Waals surface area contributed by atoms with Crippen LogP contribution in [0.3, 0.4) is 0 Å². The van der Waals surface area contributed by atoms with Gasteiger partial charge in [0.25, 0.3) is 5.91 Å². The molecule has 2 heterocycles. The third-order valence-electron chi connectivity index (χ3n) is 5.85. The van der Waals surface area contributed by atoms with Crippen molar-refractivity contribution in [3.8, 4) is 11.4 Å². The van der Waals surface area contributed by atoms with E-state index in [9.17, 15) is 14.7 Å². The molecule has 1 aliphatic heterocycles. The van der Waals surface area contributed by atoms with Gasteiger partial charge >= 0.3 is 5.97 Å². The maximum atomic E-state index is 13.3. The molecule has 1 amide bonds. The van der Waals surface area contributed by atoms with E-state index in [1.54, 1.807) is 20.0 Å². The number of aromatic nitrogens is 2. The predicted molar refractivity (Wildman–Crippen MR) is 128 cm³/mol. The van der Waals surface area contributed by atoms with E-state index in [-0.39, 0.29) is 5.91 Å². The molecule has 3 rings (SSSR count). The zero-order valence-electron chi connectivity index (χ0n) is 19.5. The highest BCUT2D eigenvalue weighted by atomic mass is 32.2. The summed E-state index contributed by atoms with van der Waals surface area (Å²) in [6.45, 7) is 9.55. The Balaban J connectivity index is 1.85. The summed E-state index contributed by atoms with van der Waals surface area (Å²) >= 11 is 1.32.